The monoisotopic (exact) mass is 339 g/mol. The fourth-order valence-corrected chi connectivity index (χ4v) is 4.03. The summed E-state index contributed by atoms with van der Waals surface area (Å²) < 4.78 is 25.7. The van der Waals surface area contributed by atoms with Crippen LogP contribution in [0.2, 0.25) is 0 Å². The zero-order chi connectivity index (χ0) is 16.9. The largest absolute Gasteiger partial charge is 0.320 e. The van der Waals surface area contributed by atoms with E-state index in [0.717, 1.165) is 37.7 Å². The SMILES string of the molecule is CNCCC1CCN(Cc2cccc(S(=O)(=O)N(C)C)c2)CC1. The fourth-order valence-electron chi connectivity index (χ4n) is 3.06. The van der Waals surface area contributed by atoms with E-state index in [0.29, 0.717) is 4.90 Å². The van der Waals surface area contributed by atoms with Crippen molar-refractivity contribution in [3.63, 3.8) is 0 Å². The second-order valence-corrected chi connectivity index (χ2v) is 8.70. The molecule has 0 radical (unpaired) electrons. The Hall–Kier alpha value is -0.950. The van der Waals surface area contributed by atoms with Crippen molar-refractivity contribution in [1.29, 1.82) is 0 Å². The zero-order valence-electron chi connectivity index (χ0n) is 14.5. The number of hydrogen-bond donors (Lipinski definition) is 1. The summed E-state index contributed by atoms with van der Waals surface area (Å²) in [7, 11) is 1.79. The highest BCUT2D eigenvalue weighted by Gasteiger charge is 2.20. The Kier molecular flexibility index (Phi) is 6.59. The maximum absolute atomic E-state index is 12.2. The van der Waals surface area contributed by atoms with E-state index in [9.17, 15) is 8.42 Å². The van der Waals surface area contributed by atoms with Gasteiger partial charge in [0, 0.05) is 20.6 Å². The van der Waals surface area contributed by atoms with Crippen LogP contribution in [0, 0.1) is 5.92 Å². The van der Waals surface area contributed by atoms with E-state index in [1.54, 1.807) is 20.2 Å². The molecule has 1 fully saturated rings. The highest BCUT2D eigenvalue weighted by molar-refractivity contribution is 7.89. The molecule has 1 aliphatic rings. The van der Waals surface area contributed by atoms with Gasteiger partial charge >= 0.3 is 0 Å². The molecule has 1 aliphatic heterocycles. The standard InChI is InChI=1S/C17H29N3O2S/c1-18-10-7-15-8-11-20(12-9-15)14-16-5-4-6-17(13-16)23(21,22)19(2)3/h4-6,13,15,18H,7-12,14H2,1-3H3. The molecule has 1 aromatic carbocycles. The highest BCUT2D eigenvalue weighted by atomic mass is 32.2. The van der Waals surface area contributed by atoms with Gasteiger partial charge < -0.3 is 5.32 Å². The Bertz CT molecular complexity index is 594. The molecule has 6 heteroatoms. The smallest absolute Gasteiger partial charge is 0.242 e. The molecule has 0 aliphatic carbocycles. The summed E-state index contributed by atoms with van der Waals surface area (Å²) in [4.78, 5) is 2.81. The van der Waals surface area contributed by atoms with E-state index in [1.807, 2.05) is 25.2 Å². The molecule has 0 unspecified atom stereocenters. The number of nitrogens with zero attached hydrogens (tertiary/aromatic N) is 2. The van der Waals surface area contributed by atoms with Crippen molar-refractivity contribution in [3.05, 3.63) is 29.8 Å². The van der Waals surface area contributed by atoms with Crippen LogP contribution in [0.1, 0.15) is 24.8 Å². The summed E-state index contributed by atoms with van der Waals surface area (Å²) >= 11 is 0. The quantitative estimate of drug-likeness (QED) is 0.822. The van der Waals surface area contributed by atoms with Crippen molar-refractivity contribution in [2.75, 3.05) is 40.8 Å². The van der Waals surface area contributed by atoms with Gasteiger partial charge in [-0.3, -0.25) is 4.90 Å². The van der Waals surface area contributed by atoms with Gasteiger partial charge in [-0.1, -0.05) is 12.1 Å². The summed E-state index contributed by atoms with van der Waals surface area (Å²) in [6, 6.07) is 7.33. The number of hydrogen-bond acceptors (Lipinski definition) is 4. The molecule has 0 bridgehead atoms. The minimum atomic E-state index is -3.35. The molecule has 0 saturated carbocycles. The van der Waals surface area contributed by atoms with Gasteiger partial charge in [0.2, 0.25) is 10.0 Å². The molecule has 1 aromatic rings. The van der Waals surface area contributed by atoms with Crippen molar-refractivity contribution in [1.82, 2.24) is 14.5 Å². The molecule has 5 nitrogen and oxygen atoms in total. The van der Waals surface area contributed by atoms with E-state index in [-0.39, 0.29) is 0 Å². The molecular weight excluding hydrogens is 310 g/mol. The molecule has 130 valence electrons. The number of benzene rings is 1. The predicted molar refractivity (Wildman–Crippen MR) is 93.9 cm³/mol. The van der Waals surface area contributed by atoms with E-state index in [2.05, 4.69) is 10.2 Å². The third-order valence-corrected chi connectivity index (χ3v) is 6.40. The van der Waals surface area contributed by atoms with Crippen molar-refractivity contribution >= 4 is 10.0 Å². The first kappa shape index (κ1) is 18.4. The summed E-state index contributed by atoms with van der Waals surface area (Å²) in [5.41, 5.74) is 1.07. The van der Waals surface area contributed by atoms with E-state index in [1.165, 1.54) is 23.6 Å². The molecular formula is C17H29N3O2S. The van der Waals surface area contributed by atoms with Gasteiger partial charge in [-0.25, -0.2) is 12.7 Å². The predicted octanol–water partition coefficient (Wildman–Crippen LogP) is 1.76. The Balaban J connectivity index is 1.95. The van der Waals surface area contributed by atoms with Gasteiger partial charge in [0.25, 0.3) is 0 Å². The maximum atomic E-state index is 12.2. The lowest BCUT2D eigenvalue weighted by Crippen LogP contribution is -2.34. The first-order chi connectivity index (χ1) is 10.9. The van der Waals surface area contributed by atoms with Crippen molar-refractivity contribution in [2.45, 2.75) is 30.7 Å². The molecule has 23 heavy (non-hydrogen) atoms. The summed E-state index contributed by atoms with van der Waals surface area (Å²) in [5.74, 6) is 0.819. The minimum absolute atomic E-state index is 0.379. The van der Waals surface area contributed by atoms with Crippen LogP contribution >= 0.6 is 0 Å². The van der Waals surface area contributed by atoms with Gasteiger partial charge in [-0.15, -0.1) is 0 Å². The van der Waals surface area contributed by atoms with Crippen LogP contribution in [0.15, 0.2) is 29.2 Å². The minimum Gasteiger partial charge on any atom is -0.320 e. The average Bonchev–Trinajstić information content (AvgIpc) is 2.54. The van der Waals surface area contributed by atoms with E-state index < -0.39 is 10.0 Å². The topological polar surface area (TPSA) is 52.7 Å². The maximum Gasteiger partial charge on any atom is 0.242 e. The van der Waals surface area contributed by atoms with Crippen LogP contribution in [0.4, 0.5) is 0 Å². The third-order valence-electron chi connectivity index (χ3n) is 4.59. The molecule has 2 rings (SSSR count). The average molecular weight is 340 g/mol. The van der Waals surface area contributed by atoms with Crippen molar-refractivity contribution in [2.24, 2.45) is 5.92 Å². The molecule has 0 spiro atoms. The van der Waals surface area contributed by atoms with Gasteiger partial charge in [-0.05, 0) is 69.6 Å². The third kappa shape index (κ3) is 5.01. The molecule has 1 heterocycles. The van der Waals surface area contributed by atoms with Crippen molar-refractivity contribution < 1.29 is 8.42 Å². The zero-order valence-corrected chi connectivity index (χ0v) is 15.3. The lowest BCUT2D eigenvalue weighted by atomic mass is 9.93. The summed E-state index contributed by atoms with van der Waals surface area (Å²) in [6.07, 6.45) is 3.72. The first-order valence-electron chi connectivity index (χ1n) is 8.32. The Labute approximate surface area is 140 Å². The van der Waals surface area contributed by atoms with Crippen LogP contribution in [0.25, 0.3) is 0 Å². The Morgan fingerprint density at radius 3 is 2.57 bits per heavy atom. The number of likely N-dealkylation sites (tertiary alicyclic amines) is 1. The molecule has 0 aromatic heterocycles. The Morgan fingerprint density at radius 2 is 1.96 bits per heavy atom. The lowest BCUT2D eigenvalue weighted by Gasteiger charge is -2.32. The first-order valence-corrected chi connectivity index (χ1v) is 9.76. The van der Waals surface area contributed by atoms with Crippen LogP contribution in [0.3, 0.4) is 0 Å². The number of piperidine rings is 1. The van der Waals surface area contributed by atoms with Crippen LogP contribution in [0.5, 0.6) is 0 Å². The van der Waals surface area contributed by atoms with Gasteiger partial charge in [0.1, 0.15) is 0 Å². The number of rotatable bonds is 7. The van der Waals surface area contributed by atoms with Gasteiger partial charge in [-0.2, -0.15) is 0 Å². The normalized spacial score (nSPS) is 17.7. The molecule has 1 N–H and O–H groups in total. The van der Waals surface area contributed by atoms with Crippen LogP contribution < -0.4 is 5.32 Å². The van der Waals surface area contributed by atoms with Gasteiger partial charge in [0.15, 0.2) is 0 Å². The molecule has 0 atom stereocenters. The molecule has 1 saturated heterocycles. The summed E-state index contributed by atoms with van der Waals surface area (Å²) in [5, 5.41) is 3.22. The second kappa shape index (κ2) is 8.24. The van der Waals surface area contributed by atoms with E-state index in [4.69, 9.17) is 0 Å². The molecule has 0 amide bonds. The fraction of sp³-hybridized carbons (Fsp3) is 0.647. The lowest BCUT2D eigenvalue weighted by molar-refractivity contribution is 0.172. The van der Waals surface area contributed by atoms with Crippen LogP contribution in [-0.2, 0) is 16.6 Å². The van der Waals surface area contributed by atoms with Crippen LogP contribution in [-0.4, -0.2) is 58.4 Å². The highest BCUT2D eigenvalue weighted by Crippen LogP contribution is 2.22. The number of nitrogens with one attached hydrogen (secondary N) is 1. The summed E-state index contributed by atoms with van der Waals surface area (Å²) in [6.45, 7) is 4.11. The number of sulfonamides is 1. The second-order valence-electron chi connectivity index (χ2n) is 6.55. The van der Waals surface area contributed by atoms with Gasteiger partial charge in [0.05, 0.1) is 4.90 Å². The van der Waals surface area contributed by atoms with Crippen molar-refractivity contribution in [3.8, 4) is 0 Å². The Morgan fingerprint density at radius 1 is 1.26 bits per heavy atom. The van der Waals surface area contributed by atoms with E-state index >= 15 is 0 Å².